The minimum Gasteiger partial charge on any atom is -0.364 e. The number of piperidine rings is 1. The van der Waals surface area contributed by atoms with Gasteiger partial charge < -0.3 is 9.42 Å². The van der Waals surface area contributed by atoms with Gasteiger partial charge in [-0.25, -0.2) is 14.2 Å². The quantitative estimate of drug-likeness (QED) is 0.657. The summed E-state index contributed by atoms with van der Waals surface area (Å²) >= 11 is 0. The minimum atomic E-state index is -1.26. The number of aryl methyl sites for hydroxylation is 1. The standard InChI is InChI=1S/C21H26FN5O3/c1-21(2,3)12-27-17-6-5-15(23-18(17)25(4)20(27)29)13-7-9-26(11-14(13)22)19(28)16-8-10-30-24-16/h5-6,8,10,13-14H,7,9,11-12H2,1-4H3. The predicted octanol–water partition coefficient (Wildman–Crippen LogP) is 2.74. The zero-order valence-electron chi connectivity index (χ0n) is 17.6. The first kappa shape index (κ1) is 20.3. The average Bonchev–Trinajstić information content (AvgIpc) is 3.30. The van der Waals surface area contributed by atoms with Gasteiger partial charge >= 0.3 is 5.69 Å². The van der Waals surface area contributed by atoms with Crippen LogP contribution in [0.15, 0.2) is 33.8 Å². The van der Waals surface area contributed by atoms with Gasteiger partial charge in [0.1, 0.15) is 12.4 Å². The molecular formula is C21H26FN5O3. The molecule has 0 saturated carbocycles. The molecule has 30 heavy (non-hydrogen) atoms. The van der Waals surface area contributed by atoms with Crippen molar-refractivity contribution in [3.05, 3.63) is 46.3 Å². The van der Waals surface area contributed by atoms with Crippen LogP contribution in [0.3, 0.4) is 0 Å². The van der Waals surface area contributed by atoms with E-state index in [0.29, 0.717) is 30.9 Å². The maximum Gasteiger partial charge on any atom is 0.330 e. The zero-order valence-corrected chi connectivity index (χ0v) is 17.6. The van der Waals surface area contributed by atoms with E-state index in [9.17, 15) is 9.59 Å². The number of imidazole rings is 1. The van der Waals surface area contributed by atoms with Crippen molar-refractivity contribution < 1.29 is 13.7 Å². The summed E-state index contributed by atoms with van der Waals surface area (Å²) in [6, 6.07) is 5.12. The average molecular weight is 415 g/mol. The molecule has 4 rings (SSSR count). The lowest BCUT2D eigenvalue weighted by Gasteiger charge is -2.34. The summed E-state index contributed by atoms with van der Waals surface area (Å²) in [5.74, 6) is -0.772. The number of nitrogens with zero attached hydrogens (tertiary/aromatic N) is 5. The van der Waals surface area contributed by atoms with E-state index in [1.807, 2.05) is 6.07 Å². The number of aromatic nitrogens is 4. The van der Waals surface area contributed by atoms with Crippen molar-refractivity contribution in [2.24, 2.45) is 12.5 Å². The first-order valence-electron chi connectivity index (χ1n) is 10.1. The molecule has 0 aliphatic carbocycles. The number of carbonyl (C=O) groups is 1. The number of fused-ring (bicyclic) bond motifs is 1. The van der Waals surface area contributed by atoms with Crippen molar-refractivity contribution >= 4 is 17.1 Å². The molecule has 0 aromatic carbocycles. The van der Waals surface area contributed by atoms with E-state index in [0.717, 1.165) is 5.52 Å². The number of halogens is 1. The maximum atomic E-state index is 15.0. The van der Waals surface area contributed by atoms with Crippen molar-refractivity contribution in [1.29, 1.82) is 0 Å². The van der Waals surface area contributed by atoms with Gasteiger partial charge in [-0.05, 0) is 24.0 Å². The molecule has 160 valence electrons. The number of pyridine rings is 1. The van der Waals surface area contributed by atoms with Crippen LogP contribution in [0.5, 0.6) is 0 Å². The third-order valence-corrected chi connectivity index (χ3v) is 5.50. The van der Waals surface area contributed by atoms with Gasteiger partial charge in [0.05, 0.1) is 12.1 Å². The number of amides is 1. The lowest BCUT2D eigenvalue weighted by molar-refractivity contribution is 0.0586. The summed E-state index contributed by atoms with van der Waals surface area (Å²) < 4.78 is 23.0. The number of hydrogen-bond donors (Lipinski definition) is 0. The summed E-state index contributed by atoms with van der Waals surface area (Å²) in [5.41, 5.74) is 1.88. The minimum absolute atomic E-state index is 0.0277. The van der Waals surface area contributed by atoms with Crippen molar-refractivity contribution in [3.8, 4) is 0 Å². The summed E-state index contributed by atoms with van der Waals surface area (Å²) in [6.07, 6.45) is 0.510. The van der Waals surface area contributed by atoms with E-state index in [2.05, 4.69) is 30.9 Å². The van der Waals surface area contributed by atoms with Crippen LogP contribution in [-0.4, -0.2) is 49.3 Å². The molecule has 0 bridgehead atoms. The molecule has 1 aliphatic heterocycles. The Balaban J connectivity index is 1.59. The normalized spacial score (nSPS) is 20.1. The van der Waals surface area contributed by atoms with Gasteiger partial charge in [-0.1, -0.05) is 25.9 Å². The van der Waals surface area contributed by atoms with E-state index in [4.69, 9.17) is 4.52 Å². The van der Waals surface area contributed by atoms with Crippen molar-refractivity contribution in [2.45, 2.75) is 45.8 Å². The summed E-state index contributed by atoms with van der Waals surface area (Å²) in [4.78, 5) is 31.2. The van der Waals surface area contributed by atoms with Gasteiger partial charge in [0, 0.05) is 37.8 Å². The Morgan fingerprint density at radius 3 is 2.70 bits per heavy atom. The van der Waals surface area contributed by atoms with Crippen molar-refractivity contribution in [3.63, 3.8) is 0 Å². The third kappa shape index (κ3) is 3.64. The molecule has 0 radical (unpaired) electrons. The van der Waals surface area contributed by atoms with E-state index in [1.54, 1.807) is 17.7 Å². The van der Waals surface area contributed by atoms with Crippen LogP contribution >= 0.6 is 0 Å². The van der Waals surface area contributed by atoms with Crippen molar-refractivity contribution in [2.75, 3.05) is 13.1 Å². The second-order valence-corrected chi connectivity index (χ2v) is 9.11. The number of hydrogen-bond acceptors (Lipinski definition) is 5. The summed E-state index contributed by atoms with van der Waals surface area (Å²) in [7, 11) is 1.69. The molecule has 9 heteroatoms. The van der Waals surface area contributed by atoms with Crippen LogP contribution in [0.25, 0.3) is 11.2 Å². The topological polar surface area (TPSA) is 86.2 Å². The Morgan fingerprint density at radius 2 is 2.07 bits per heavy atom. The Labute approximate surface area is 173 Å². The smallest absolute Gasteiger partial charge is 0.330 e. The summed E-state index contributed by atoms with van der Waals surface area (Å²) in [5, 5.41) is 3.64. The largest absolute Gasteiger partial charge is 0.364 e. The van der Waals surface area contributed by atoms with Gasteiger partial charge in [-0.2, -0.15) is 0 Å². The highest BCUT2D eigenvalue weighted by Gasteiger charge is 2.34. The number of likely N-dealkylation sites (tertiary alicyclic amines) is 1. The van der Waals surface area contributed by atoms with Crippen LogP contribution in [-0.2, 0) is 13.6 Å². The van der Waals surface area contributed by atoms with Gasteiger partial charge in [-0.15, -0.1) is 0 Å². The van der Waals surface area contributed by atoms with Crippen LogP contribution in [0.2, 0.25) is 0 Å². The van der Waals surface area contributed by atoms with E-state index < -0.39 is 12.1 Å². The Kier molecular flexibility index (Phi) is 4.99. The fourth-order valence-corrected chi connectivity index (χ4v) is 4.03. The molecule has 8 nitrogen and oxygen atoms in total. The molecule has 3 aromatic rings. The van der Waals surface area contributed by atoms with E-state index >= 15 is 4.39 Å². The van der Waals surface area contributed by atoms with Crippen LogP contribution in [0.1, 0.15) is 49.3 Å². The Hall–Kier alpha value is -2.97. The molecule has 1 fully saturated rings. The van der Waals surface area contributed by atoms with Crippen LogP contribution < -0.4 is 5.69 Å². The van der Waals surface area contributed by atoms with Gasteiger partial charge in [0.2, 0.25) is 0 Å². The number of rotatable bonds is 3. The molecule has 1 amide bonds. The monoisotopic (exact) mass is 415 g/mol. The number of alkyl halides is 1. The fourth-order valence-electron chi connectivity index (χ4n) is 4.03. The molecule has 1 saturated heterocycles. The SMILES string of the molecule is Cn1c(=O)n(CC(C)(C)C)c2ccc(C3CCN(C(=O)c4ccon4)CC3F)nc21. The lowest BCUT2D eigenvalue weighted by atomic mass is 9.91. The highest BCUT2D eigenvalue weighted by molar-refractivity contribution is 5.92. The highest BCUT2D eigenvalue weighted by atomic mass is 19.1. The first-order chi connectivity index (χ1) is 14.2. The molecule has 3 aromatic heterocycles. The predicted molar refractivity (Wildman–Crippen MR) is 109 cm³/mol. The van der Waals surface area contributed by atoms with Gasteiger partial charge in [-0.3, -0.25) is 13.9 Å². The van der Waals surface area contributed by atoms with Crippen LogP contribution in [0.4, 0.5) is 4.39 Å². The van der Waals surface area contributed by atoms with Crippen LogP contribution in [0, 0.1) is 5.41 Å². The Bertz CT molecular complexity index is 1130. The molecule has 2 atom stereocenters. The molecule has 0 N–H and O–H groups in total. The first-order valence-corrected chi connectivity index (χ1v) is 10.1. The molecular weight excluding hydrogens is 389 g/mol. The molecule has 2 unspecified atom stereocenters. The van der Waals surface area contributed by atoms with Crippen molar-refractivity contribution in [1.82, 2.24) is 24.2 Å². The summed E-state index contributed by atoms with van der Waals surface area (Å²) in [6.45, 7) is 7.16. The van der Waals surface area contributed by atoms with Gasteiger partial charge in [0.15, 0.2) is 11.3 Å². The second kappa shape index (κ2) is 7.37. The van der Waals surface area contributed by atoms with E-state index in [-0.39, 0.29) is 29.3 Å². The second-order valence-electron chi connectivity index (χ2n) is 9.11. The fraction of sp³-hybridized carbons (Fsp3) is 0.524. The molecule has 4 heterocycles. The molecule has 1 aliphatic rings. The molecule has 0 spiro atoms. The maximum absolute atomic E-state index is 15.0. The number of carbonyl (C=O) groups excluding carboxylic acids is 1. The van der Waals surface area contributed by atoms with E-state index in [1.165, 1.54) is 21.8 Å². The lowest BCUT2D eigenvalue weighted by Crippen LogP contribution is -2.44. The highest BCUT2D eigenvalue weighted by Crippen LogP contribution is 2.31. The van der Waals surface area contributed by atoms with Gasteiger partial charge in [0.25, 0.3) is 5.91 Å². The Morgan fingerprint density at radius 1 is 1.30 bits per heavy atom. The zero-order chi connectivity index (χ0) is 21.6. The third-order valence-electron chi connectivity index (χ3n) is 5.50.